The molecule has 0 fully saturated rings. The van der Waals surface area contributed by atoms with Gasteiger partial charge in [0.05, 0.1) is 5.03 Å². The first-order chi connectivity index (χ1) is 8.36. The lowest BCUT2D eigenvalue weighted by atomic mass is 10.2. The minimum absolute atomic E-state index is 0.0169. The molecule has 0 saturated carbocycles. The quantitative estimate of drug-likeness (QED) is 0.420. The number of hydrogen-bond acceptors (Lipinski definition) is 3. The van der Waals surface area contributed by atoms with Gasteiger partial charge in [-0.05, 0) is 31.9 Å². The van der Waals surface area contributed by atoms with Crippen LogP contribution in [0.1, 0.15) is 32.9 Å². The van der Waals surface area contributed by atoms with Gasteiger partial charge in [-0.1, -0.05) is 47.3 Å². The maximum Gasteiger partial charge on any atom is 0.224 e. The molecule has 1 aromatic heterocycles. The highest BCUT2D eigenvalue weighted by atomic mass is 35.5. The molecule has 0 saturated heterocycles. The van der Waals surface area contributed by atoms with E-state index in [9.17, 15) is 0 Å². The lowest BCUT2D eigenvalue weighted by Crippen LogP contribution is -1.94. The Balaban J connectivity index is 3.56. The first-order valence-corrected chi connectivity index (χ1v) is 6.67. The summed E-state index contributed by atoms with van der Waals surface area (Å²) in [6.07, 6.45) is 0.779. The molecule has 0 aliphatic carbocycles. The van der Waals surface area contributed by atoms with Gasteiger partial charge in [-0.15, -0.1) is 0 Å². The zero-order chi connectivity index (χ0) is 13.9. The van der Waals surface area contributed by atoms with Gasteiger partial charge in [-0.25, -0.2) is 15.0 Å². The minimum Gasteiger partial charge on any atom is -0.236 e. The van der Waals surface area contributed by atoms with Crippen molar-refractivity contribution in [3.8, 4) is 0 Å². The van der Waals surface area contributed by atoms with Crippen molar-refractivity contribution in [2.75, 3.05) is 0 Å². The maximum absolute atomic E-state index is 6.25. The molecule has 0 bridgehead atoms. The van der Waals surface area contributed by atoms with E-state index < -0.39 is 0 Å². The summed E-state index contributed by atoms with van der Waals surface area (Å²) in [5.74, 6) is 0. The predicted octanol–water partition coefficient (Wildman–Crippen LogP) is 5.45. The molecule has 18 heavy (non-hydrogen) atoms. The van der Waals surface area contributed by atoms with Crippen molar-refractivity contribution in [3.63, 3.8) is 0 Å². The standard InChI is InChI=1S/C11H11Cl4N3/c1-4-5(2)7(13)8-9(16-6(3)12)10(14)18-11(15)17-8/h4H2,1-3H3. The third-order valence-electron chi connectivity index (χ3n) is 2.19. The number of aromatic nitrogens is 2. The molecule has 98 valence electrons. The Kier molecular flexibility index (Phi) is 5.86. The van der Waals surface area contributed by atoms with E-state index in [2.05, 4.69) is 15.0 Å². The molecule has 0 aliphatic rings. The van der Waals surface area contributed by atoms with E-state index >= 15 is 0 Å². The smallest absolute Gasteiger partial charge is 0.224 e. The normalized spacial score (nSPS) is 13.6. The lowest BCUT2D eigenvalue weighted by Gasteiger charge is -2.08. The number of nitrogens with zero attached hydrogens (tertiary/aromatic N) is 3. The zero-order valence-corrected chi connectivity index (χ0v) is 13.1. The van der Waals surface area contributed by atoms with Crippen LogP contribution in [0.15, 0.2) is 10.6 Å². The van der Waals surface area contributed by atoms with Crippen LogP contribution in [0.5, 0.6) is 0 Å². The van der Waals surface area contributed by atoms with Crippen LogP contribution in [-0.2, 0) is 0 Å². The molecule has 7 heteroatoms. The monoisotopic (exact) mass is 325 g/mol. The predicted molar refractivity (Wildman–Crippen MR) is 79.4 cm³/mol. The largest absolute Gasteiger partial charge is 0.236 e. The topological polar surface area (TPSA) is 38.1 Å². The Morgan fingerprint density at radius 1 is 1.17 bits per heavy atom. The molecule has 0 amide bonds. The molecule has 0 radical (unpaired) electrons. The number of aliphatic imine (C=N–C) groups is 1. The van der Waals surface area contributed by atoms with E-state index in [0.29, 0.717) is 21.6 Å². The van der Waals surface area contributed by atoms with Gasteiger partial charge in [0, 0.05) is 0 Å². The summed E-state index contributed by atoms with van der Waals surface area (Å²) in [4.78, 5) is 12.0. The van der Waals surface area contributed by atoms with Gasteiger partial charge in [0.1, 0.15) is 16.6 Å². The van der Waals surface area contributed by atoms with Crippen LogP contribution in [0.3, 0.4) is 0 Å². The first-order valence-electron chi connectivity index (χ1n) is 5.16. The Labute approximate surface area is 126 Å². The summed E-state index contributed by atoms with van der Waals surface area (Å²) >= 11 is 23.8. The minimum atomic E-state index is 0.0169. The van der Waals surface area contributed by atoms with E-state index in [1.54, 1.807) is 6.92 Å². The molecule has 0 unspecified atom stereocenters. The average molecular weight is 327 g/mol. The van der Waals surface area contributed by atoms with Crippen LogP contribution in [0.25, 0.3) is 5.03 Å². The first kappa shape index (κ1) is 15.7. The second-order valence-electron chi connectivity index (χ2n) is 3.54. The molecule has 0 aromatic carbocycles. The van der Waals surface area contributed by atoms with Crippen LogP contribution in [0, 0.1) is 0 Å². The maximum atomic E-state index is 6.25. The van der Waals surface area contributed by atoms with Gasteiger partial charge < -0.3 is 0 Å². The molecule has 0 N–H and O–H groups in total. The molecular weight excluding hydrogens is 316 g/mol. The summed E-state index contributed by atoms with van der Waals surface area (Å²) in [6.45, 7) is 5.51. The molecule has 0 atom stereocenters. The van der Waals surface area contributed by atoms with Gasteiger partial charge in [-0.3, -0.25) is 0 Å². The van der Waals surface area contributed by atoms with Crippen molar-refractivity contribution in [1.29, 1.82) is 0 Å². The van der Waals surface area contributed by atoms with Crippen molar-refractivity contribution in [2.45, 2.75) is 27.2 Å². The average Bonchev–Trinajstić information content (AvgIpc) is 2.29. The Hall–Kier alpha value is -0.350. The summed E-state index contributed by atoms with van der Waals surface area (Å²) in [7, 11) is 0. The van der Waals surface area contributed by atoms with Gasteiger partial charge in [0.25, 0.3) is 0 Å². The van der Waals surface area contributed by atoms with Crippen molar-refractivity contribution in [3.05, 3.63) is 21.7 Å². The third kappa shape index (κ3) is 3.82. The van der Waals surface area contributed by atoms with Crippen molar-refractivity contribution in [2.24, 2.45) is 4.99 Å². The highest BCUT2D eigenvalue weighted by Crippen LogP contribution is 2.36. The van der Waals surface area contributed by atoms with Gasteiger partial charge >= 0.3 is 0 Å². The fourth-order valence-corrected chi connectivity index (χ4v) is 1.94. The number of allylic oxidation sites excluding steroid dienone is 1. The zero-order valence-electron chi connectivity index (χ0n) is 10.1. The highest BCUT2D eigenvalue weighted by Gasteiger charge is 2.16. The van der Waals surface area contributed by atoms with Gasteiger partial charge in [0.2, 0.25) is 5.28 Å². The van der Waals surface area contributed by atoms with Crippen LogP contribution in [-0.4, -0.2) is 15.1 Å². The van der Waals surface area contributed by atoms with Crippen LogP contribution in [0.4, 0.5) is 5.69 Å². The Morgan fingerprint density at radius 2 is 1.78 bits per heavy atom. The molecule has 1 heterocycles. The van der Waals surface area contributed by atoms with E-state index in [0.717, 1.165) is 12.0 Å². The molecule has 0 spiro atoms. The fourth-order valence-electron chi connectivity index (χ4n) is 1.17. The van der Waals surface area contributed by atoms with Crippen molar-refractivity contribution < 1.29 is 0 Å². The molecule has 1 aromatic rings. The summed E-state index contributed by atoms with van der Waals surface area (Å²) < 4.78 is 0. The fraction of sp³-hybridized carbons (Fsp3) is 0.364. The van der Waals surface area contributed by atoms with E-state index in [1.165, 1.54) is 0 Å². The van der Waals surface area contributed by atoms with E-state index in [-0.39, 0.29) is 10.4 Å². The Morgan fingerprint density at radius 3 is 2.28 bits per heavy atom. The second kappa shape index (κ2) is 6.71. The molecule has 0 aliphatic heterocycles. The second-order valence-corrected chi connectivity index (χ2v) is 5.16. The van der Waals surface area contributed by atoms with E-state index in [4.69, 9.17) is 46.4 Å². The van der Waals surface area contributed by atoms with Crippen LogP contribution < -0.4 is 0 Å². The van der Waals surface area contributed by atoms with Crippen LogP contribution >= 0.6 is 46.4 Å². The van der Waals surface area contributed by atoms with Crippen molar-refractivity contribution in [1.82, 2.24) is 9.97 Å². The third-order valence-corrected chi connectivity index (χ3v) is 3.21. The molecule has 1 rings (SSSR count). The summed E-state index contributed by atoms with van der Waals surface area (Å²) in [5.41, 5.74) is 1.67. The van der Waals surface area contributed by atoms with Crippen molar-refractivity contribution >= 4 is 62.3 Å². The van der Waals surface area contributed by atoms with Crippen LogP contribution in [0.2, 0.25) is 10.4 Å². The summed E-state index contributed by atoms with van der Waals surface area (Å²) in [5, 5.41) is 0.901. The lowest BCUT2D eigenvalue weighted by molar-refractivity contribution is 1.09. The van der Waals surface area contributed by atoms with Gasteiger partial charge in [0.15, 0.2) is 5.15 Å². The molecule has 3 nitrogen and oxygen atoms in total. The van der Waals surface area contributed by atoms with E-state index in [1.807, 2.05) is 13.8 Å². The number of hydrogen-bond donors (Lipinski definition) is 0. The molecular formula is C11H11Cl4N3. The number of halogens is 4. The Bertz CT molecular complexity index is 519. The number of rotatable bonds is 3. The van der Waals surface area contributed by atoms with Gasteiger partial charge in [-0.2, -0.15) is 0 Å². The SMILES string of the molecule is CCC(C)=C(Cl)c1nc(Cl)nc(Cl)c1N=C(C)Cl. The summed E-state index contributed by atoms with van der Waals surface area (Å²) in [6, 6.07) is 0. The highest BCUT2D eigenvalue weighted by molar-refractivity contribution is 6.65.